The molecular formula is C27H47N5O11S2. The lowest BCUT2D eigenvalue weighted by molar-refractivity contribution is -0.143. The van der Waals surface area contributed by atoms with Crippen LogP contribution in [0.15, 0.2) is 20.6 Å². The SMILES string of the molecule is C/C=C1\SC(=S)NC1=O.CC.CC.CC.CNC(=O)CN(CCN(CC(=O)O)CC(=O)O)CC(=O)O.CNc1c(O)c(=O)c1=O. The summed E-state index contributed by atoms with van der Waals surface area (Å²) in [4.78, 5) is 77.7. The van der Waals surface area contributed by atoms with Crippen LogP contribution in [0.2, 0.25) is 0 Å². The number of carbonyl (C=O) groups is 5. The van der Waals surface area contributed by atoms with E-state index in [1.165, 1.54) is 30.8 Å². The number of carbonyl (C=O) groups excluding carboxylic acids is 2. The summed E-state index contributed by atoms with van der Waals surface area (Å²) < 4.78 is 0.549. The van der Waals surface area contributed by atoms with Gasteiger partial charge in [0.2, 0.25) is 5.91 Å². The molecule has 0 atom stereocenters. The van der Waals surface area contributed by atoms with Crippen LogP contribution in [0.5, 0.6) is 5.75 Å². The summed E-state index contributed by atoms with van der Waals surface area (Å²) in [5.74, 6) is -4.43. The van der Waals surface area contributed by atoms with Gasteiger partial charge in [-0.05, 0) is 6.92 Å². The lowest BCUT2D eigenvalue weighted by Gasteiger charge is -2.24. The second kappa shape index (κ2) is 28.9. The van der Waals surface area contributed by atoms with E-state index in [0.29, 0.717) is 9.23 Å². The first-order valence-electron chi connectivity index (χ1n) is 13.9. The van der Waals surface area contributed by atoms with Gasteiger partial charge in [-0.2, -0.15) is 0 Å². The van der Waals surface area contributed by atoms with Crippen LogP contribution in [-0.4, -0.2) is 118 Å². The number of carboxylic acid groups (broad SMARTS) is 3. The van der Waals surface area contributed by atoms with Crippen molar-refractivity contribution in [3.63, 3.8) is 0 Å². The molecular weight excluding hydrogens is 634 g/mol. The summed E-state index contributed by atoms with van der Waals surface area (Å²) in [5, 5.41) is 42.0. The largest absolute Gasteiger partial charge is 0.502 e. The van der Waals surface area contributed by atoms with Gasteiger partial charge >= 0.3 is 17.9 Å². The van der Waals surface area contributed by atoms with Crippen LogP contribution in [0.1, 0.15) is 48.5 Å². The van der Waals surface area contributed by atoms with Gasteiger partial charge in [-0.1, -0.05) is 71.6 Å². The van der Waals surface area contributed by atoms with Crippen molar-refractivity contribution in [3.05, 3.63) is 31.4 Å². The van der Waals surface area contributed by atoms with Crippen LogP contribution in [0.3, 0.4) is 0 Å². The number of hydrogen-bond acceptors (Lipinski definition) is 13. The molecule has 7 N–H and O–H groups in total. The third-order valence-corrected chi connectivity index (χ3v) is 5.78. The molecule has 2 rings (SSSR count). The first-order chi connectivity index (χ1) is 21.2. The molecule has 18 heteroatoms. The highest BCUT2D eigenvalue weighted by molar-refractivity contribution is 8.26. The summed E-state index contributed by atoms with van der Waals surface area (Å²) >= 11 is 6.04. The van der Waals surface area contributed by atoms with Gasteiger partial charge in [0.1, 0.15) is 10.0 Å². The number of nitrogens with one attached hydrogen (secondary N) is 3. The van der Waals surface area contributed by atoms with Crippen LogP contribution in [0.25, 0.3) is 0 Å². The summed E-state index contributed by atoms with van der Waals surface area (Å²) in [6.45, 7) is 12.4. The summed E-state index contributed by atoms with van der Waals surface area (Å²) in [5.41, 5.74) is -1.44. The fourth-order valence-electron chi connectivity index (χ4n) is 2.69. The Kier molecular flexibility index (Phi) is 30.8. The number of thiocarbonyl (C=S) groups is 1. The average Bonchev–Trinajstić information content (AvgIpc) is 3.35. The van der Waals surface area contributed by atoms with E-state index in [1.54, 1.807) is 6.08 Å². The smallest absolute Gasteiger partial charge is 0.317 e. The van der Waals surface area contributed by atoms with Crippen molar-refractivity contribution in [3.8, 4) is 5.75 Å². The highest BCUT2D eigenvalue weighted by atomic mass is 32.2. The van der Waals surface area contributed by atoms with Gasteiger partial charge in [0.05, 0.1) is 31.1 Å². The molecule has 16 nitrogen and oxygen atoms in total. The Hall–Kier alpha value is -3.87. The number of carboxylic acids is 3. The molecule has 1 aliphatic heterocycles. The van der Waals surface area contributed by atoms with E-state index in [1.807, 2.05) is 48.5 Å². The van der Waals surface area contributed by atoms with E-state index >= 15 is 0 Å². The van der Waals surface area contributed by atoms with Gasteiger partial charge in [0.15, 0.2) is 5.75 Å². The van der Waals surface area contributed by atoms with Crippen molar-refractivity contribution in [1.82, 2.24) is 20.4 Å². The zero-order valence-electron chi connectivity index (χ0n) is 27.2. The number of hydrogen-bond donors (Lipinski definition) is 7. The predicted octanol–water partition coefficient (Wildman–Crippen LogP) is 0.737. The van der Waals surface area contributed by atoms with Crippen LogP contribution in [-0.2, 0) is 24.0 Å². The second-order valence-electron chi connectivity index (χ2n) is 7.40. The molecule has 45 heavy (non-hydrogen) atoms. The van der Waals surface area contributed by atoms with Gasteiger partial charge in [-0.15, -0.1) is 0 Å². The van der Waals surface area contributed by atoms with Crippen molar-refractivity contribution in [2.45, 2.75) is 48.5 Å². The lowest BCUT2D eigenvalue weighted by atomic mass is 10.2. The molecule has 1 saturated heterocycles. The van der Waals surface area contributed by atoms with E-state index in [9.17, 15) is 33.6 Å². The Morgan fingerprint density at radius 1 is 0.800 bits per heavy atom. The molecule has 0 saturated carbocycles. The number of aromatic hydroxyl groups is 1. The fraction of sp³-hybridized carbons (Fsp3) is 0.556. The minimum Gasteiger partial charge on any atom is -0.502 e. The Balaban J connectivity index is -0.000000288. The zero-order valence-corrected chi connectivity index (χ0v) is 28.8. The minimum absolute atomic E-state index is 0.0139. The van der Waals surface area contributed by atoms with Gasteiger partial charge in [0.25, 0.3) is 16.8 Å². The number of thioether (sulfide) groups is 1. The van der Waals surface area contributed by atoms with Gasteiger partial charge in [-0.25, -0.2) is 0 Å². The average molecular weight is 682 g/mol. The first-order valence-corrected chi connectivity index (χ1v) is 15.1. The molecule has 0 bridgehead atoms. The van der Waals surface area contributed by atoms with Crippen molar-refractivity contribution >= 4 is 63.7 Å². The normalized spacial score (nSPS) is 11.9. The van der Waals surface area contributed by atoms with E-state index in [4.69, 9.17) is 32.6 Å². The third kappa shape index (κ3) is 22.3. The summed E-state index contributed by atoms with van der Waals surface area (Å²) in [6.07, 6.45) is 1.75. The maximum atomic E-state index is 11.3. The zero-order chi connectivity index (χ0) is 36.3. The van der Waals surface area contributed by atoms with Crippen molar-refractivity contribution in [1.29, 1.82) is 0 Å². The highest BCUT2D eigenvalue weighted by Gasteiger charge is 2.21. The molecule has 1 aliphatic rings. The van der Waals surface area contributed by atoms with Gasteiger partial charge in [-0.3, -0.25) is 43.4 Å². The number of amides is 2. The molecule has 1 fully saturated rings. The monoisotopic (exact) mass is 681 g/mol. The van der Waals surface area contributed by atoms with Crippen molar-refractivity contribution < 1.29 is 44.4 Å². The molecule has 0 unspecified atom stereocenters. The number of nitrogens with zero attached hydrogens (tertiary/aromatic N) is 2. The molecule has 0 radical (unpaired) electrons. The molecule has 1 aromatic rings. The van der Waals surface area contributed by atoms with Gasteiger partial charge < -0.3 is 36.4 Å². The highest BCUT2D eigenvalue weighted by Crippen LogP contribution is 2.22. The maximum absolute atomic E-state index is 11.3. The Morgan fingerprint density at radius 2 is 1.20 bits per heavy atom. The third-order valence-electron chi connectivity index (χ3n) is 4.49. The van der Waals surface area contributed by atoms with Crippen molar-refractivity contribution in [2.24, 2.45) is 0 Å². The lowest BCUT2D eigenvalue weighted by Crippen LogP contribution is -2.44. The Bertz CT molecular complexity index is 1170. The Morgan fingerprint density at radius 3 is 1.42 bits per heavy atom. The van der Waals surface area contributed by atoms with E-state index < -0.39 is 54.1 Å². The van der Waals surface area contributed by atoms with Crippen LogP contribution in [0, 0.1) is 0 Å². The fourth-order valence-corrected chi connectivity index (χ4v) is 3.66. The molecule has 0 spiro atoms. The quantitative estimate of drug-likeness (QED) is 0.0914. The Labute approximate surface area is 272 Å². The van der Waals surface area contributed by atoms with Crippen LogP contribution < -0.4 is 26.8 Å². The van der Waals surface area contributed by atoms with Crippen LogP contribution in [0.4, 0.5) is 5.69 Å². The second-order valence-corrected chi connectivity index (χ2v) is 9.12. The predicted molar refractivity (Wildman–Crippen MR) is 179 cm³/mol. The number of anilines is 1. The maximum Gasteiger partial charge on any atom is 0.317 e. The number of likely N-dealkylation sites (N-methyl/N-ethyl adjacent to an activating group) is 1. The topological polar surface area (TPSA) is 243 Å². The number of rotatable bonds is 12. The molecule has 258 valence electrons. The number of aliphatic carboxylic acids is 3. The summed E-state index contributed by atoms with van der Waals surface area (Å²) in [7, 11) is 2.87. The molecule has 1 heterocycles. The molecule has 1 aromatic carbocycles. The molecule has 0 aliphatic carbocycles. The number of allylic oxidation sites excluding steroid dienone is 1. The van der Waals surface area contributed by atoms with Crippen molar-refractivity contribution in [2.75, 3.05) is 58.7 Å². The molecule has 2 amide bonds. The van der Waals surface area contributed by atoms with Crippen LogP contribution >= 0.6 is 24.0 Å². The molecule has 0 aromatic heterocycles. The summed E-state index contributed by atoms with van der Waals surface area (Å²) in [6, 6.07) is 0. The standard InChI is InChI=1S/C11H19N3O7.C5H5NO3.C5H5NOS2.3C2H6/c1-12-8(15)4-13(5-9(16)17)2-3-14(6-10(18)19)7-11(20)21;1-6-2-3(7)5(9)4(2)8;1-2-3-4(7)6-5(8)9-3;3*1-2/h2-7H2,1H3,(H,12,15)(H,16,17)(H,18,19)(H,20,21);6-7H,1H3;2H,1H3,(H,6,7,8);3*1-2H3/b;;3-2-;;;. The van der Waals surface area contributed by atoms with E-state index in [0.717, 1.165) is 4.90 Å². The van der Waals surface area contributed by atoms with Gasteiger partial charge in [0, 0.05) is 27.2 Å². The van der Waals surface area contributed by atoms with E-state index in [-0.39, 0.29) is 37.1 Å². The minimum atomic E-state index is -1.19. The first kappa shape index (κ1) is 48.0. The van der Waals surface area contributed by atoms with E-state index in [2.05, 4.69) is 16.0 Å².